The number of piperazine rings is 1. The summed E-state index contributed by atoms with van der Waals surface area (Å²) in [7, 11) is 0. The lowest BCUT2D eigenvalue weighted by molar-refractivity contribution is 0.624. The maximum absolute atomic E-state index is 13.1. The molecule has 0 spiro atoms. The molecular formula is C21H21ClFN5. The largest absolute Gasteiger partial charge is 0.368 e. The molecule has 0 bridgehead atoms. The van der Waals surface area contributed by atoms with Gasteiger partial charge >= 0.3 is 0 Å². The first-order chi connectivity index (χ1) is 13.6. The topological polar surface area (TPSA) is 44.3 Å². The Morgan fingerprint density at radius 1 is 0.964 bits per heavy atom. The van der Waals surface area contributed by atoms with Crippen LogP contribution in [-0.2, 0) is 0 Å². The van der Waals surface area contributed by atoms with Crippen molar-refractivity contribution in [2.75, 3.05) is 41.3 Å². The molecule has 0 atom stereocenters. The highest BCUT2D eigenvalue weighted by Gasteiger charge is 2.19. The Morgan fingerprint density at radius 3 is 2.43 bits per heavy atom. The zero-order chi connectivity index (χ0) is 19.5. The number of benzene rings is 2. The summed E-state index contributed by atoms with van der Waals surface area (Å²) >= 11 is 6.19. The van der Waals surface area contributed by atoms with Gasteiger partial charge in [0.25, 0.3) is 0 Å². The third-order valence-corrected chi connectivity index (χ3v) is 5.36. The van der Waals surface area contributed by atoms with Gasteiger partial charge < -0.3 is 15.1 Å². The number of aromatic nitrogens is 2. The highest BCUT2D eigenvalue weighted by atomic mass is 35.5. The van der Waals surface area contributed by atoms with Crippen molar-refractivity contribution in [3.05, 3.63) is 71.1 Å². The summed E-state index contributed by atoms with van der Waals surface area (Å²) in [4.78, 5) is 13.5. The van der Waals surface area contributed by atoms with Gasteiger partial charge in [-0.15, -0.1) is 0 Å². The fourth-order valence-electron chi connectivity index (χ4n) is 3.29. The number of nitrogens with one attached hydrogen (secondary N) is 1. The van der Waals surface area contributed by atoms with E-state index in [2.05, 4.69) is 25.1 Å². The van der Waals surface area contributed by atoms with Crippen LogP contribution in [0.4, 0.5) is 27.5 Å². The van der Waals surface area contributed by atoms with Crippen molar-refractivity contribution in [3.63, 3.8) is 0 Å². The lowest BCUT2D eigenvalue weighted by Gasteiger charge is -2.36. The molecule has 1 aliphatic heterocycles. The van der Waals surface area contributed by atoms with E-state index in [1.807, 2.05) is 43.3 Å². The molecule has 0 amide bonds. The molecular weight excluding hydrogens is 377 g/mol. The van der Waals surface area contributed by atoms with Gasteiger partial charge in [-0.25, -0.2) is 9.37 Å². The minimum absolute atomic E-state index is 0.210. The Balaban J connectivity index is 1.44. The van der Waals surface area contributed by atoms with Gasteiger partial charge in [0, 0.05) is 48.8 Å². The van der Waals surface area contributed by atoms with Crippen molar-refractivity contribution in [3.8, 4) is 0 Å². The normalized spacial score (nSPS) is 14.2. The molecule has 0 saturated carbocycles. The van der Waals surface area contributed by atoms with Crippen molar-refractivity contribution >= 4 is 34.7 Å². The van der Waals surface area contributed by atoms with Crippen molar-refractivity contribution in [1.29, 1.82) is 0 Å². The van der Waals surface area contributed by atoms with Gasteiger partial charge in [0.2, 0.25) is 5.95 Å². The molecule has 1 fully saturated rings. The van der Waals surface area contributed by atoms with Crippen LogP contribution in [0, 0.1) is 12.7 Å². The van der Waals surface area contributed by atoms with Gasteiger partial charge in [-0.3, -0.25) is 0 Å². The number of nitrogens with zero attached hydrogens (tertiary/aromatic N) is 4. The van der Waals surface area contributed by atoms with E-state index in [4.69, 9.17) is 11.6 Å². The molecule has 144 valence electrons. The molecule has 3 aromatic rings. The van der Waals surface area contributed by atoms with Gasteiger partial charge in [-0.2, -0.15) is 4.98 Å². The second-order valence-corrected chi connectivity index (χ2v) is 7.13. The summed E-state index contributed by atoms with van der Waals surface area (Å²) in [5, 5.41) is 3.96. The lowest BCUT2D eigenvalue weighted by atomic mass is 10.2. The van der Waals surface area contributed by atoms with Crippen LogP contribution in [0.3, 0.4) is 0 Å². The average molecular weight is 398 g/mol. The van der Waals surface area contributed by atoms with Crippen molar-refractivity contribution in [2.24, 2.45) is 0 Å². The maximum atomic E-state index is 13.1. The lowest BCUT2D eigenvalue weighted by Crippen LogP contribution is -2.46. The van der Waals surface area contributed by atoms with E-state index in [9.17, 15) is 4.39 Å². The van der Waals surface area contributed by atoms with Crippen molar-refractivity contribution < 1.29 is 4.39 Å². The molecule has 28 heavy (non-hydrogen) atoms. The van der Waals surface area contributed by atoms with E-state index in [1.165, 1.54) is 12.1 Å². The van der Waals surface area contributed by atoms with E-state index in [0.717, 1.165) is 48.9 Å². The number of hydrogen-bond acceptors (Lipinski definition) is 5. The Morgan fingerprint density at radius 2 is 1.68 bits per heavy atom. The molecule has 2 heterocycles. The summed E-state index contributed by atoms with van der Waals surface area (Å²) in [6.45, 7) is 5.34. The molecule has 5 nitrogen and oxygen atoms in total. The predicted molar refractivity (Wildman–Crippen MR) is 112 cm³/mol. The molecule has 2 aromatic carbocycles. The summed E-state index contributed by atoms with van der Waals surface area (Å²) in [6, 6.07) is 14.3. The number of halogens is 2. The molecule has 1 aliphatic rings. The minimum Gasteiger partial charge on any atom is -0.368 e. The van der Waals surface area contributed by atoms with Crippen molar-refractivity contribution in [1.82, 2.24) is 9.97 Å². The summed E-state index contributed by atoms with van der Waals surface area (Å²) in [5.74, 6) is 1.22. The van der Waals surface area contributed by atoms with Crippen molar-refractivity contribution in [2.45, 2.75) is 6.92 Å². The first-order valence-electron chi connectivity index (χ1n) is 9.21. The molecule has 1 N–H and O–H groups in total. The fourth-order valence-corrected chi connectivity index (χ4v) is 3.47. The highest BCUT2D eigenvalue weighted by Crippen LogP contribution is 2.26. The molecule has 1 saturated heterocycles. The van der Waals surface area contributed by atoms with Crippen LogP contribution in [0.25, 0.3) is 0 Å². The Labute approximate surface area is 168 Å². The molecule has 1 aromatic heterocycles. The van der Waals surface area contributed by atoms with Crippen LogP contribution in [-0.4, -0.2) is 36.1 Å². The van der Waals surface area contributed by atoms with Gasteiger partial charge in [-0.1, -0.05) is 17.7 Å². The summed E-state index contributed by atoms with van der Waals surface area (Å²) < 4.78 is 13.1. The third-order valence-electron chi connectivity index (χ3n) is 4.95. The SMILES string of the molecule is Cc1c(Cl)cccc1Nc1nccc(N2CCN(c3ccc(F)cc3)CC2)n1. The standard InChI is InChI=1S/C21H21ClFN5/c1-15-18(22)3-2-4-19(15)25-21-24-10-9-20(26-21)28-13-11-27(12-14-28)17-7-5-16(23)6-8-17/h2-10H,11-14H2,1H3,(H,24,25,26). The second kappa shape index (κ2) is 8.02. The Bertz CT molecular complexity index is 955. The van der Waals surface area contributed by atoms with Gasteiger partial charge in [0.1, 0.15) is 11.6 Å². The van der Waals surface area contributed by atoms with E-state index in [1.54, 1.807) is 6.20 Å². The van der Waals surface area contributed by atoms with Crippen LogP contribution < -0.4 is 15.1 Å². The van der Waals surface area contributed by atoms with E-state index in [0.29, 0.717) is 11.0 Å². The maximum Gasteiger partial charge on any atom is 0.229 e. The van der Waals surface area contributed by atoms with Gasteiger partial charge in [-0.05, 0) is 55.0 Å². The second-order valence-electron chi connectivity index (χ2n) is 6.73. The van der Waals surface area contributed by atoms with E-state index in [-0.39, 0.29) is 5.82 Å². The van der Waals surface area contributed by atoms with Crippen LogP contribution in [0.2, 0.25) is 5.02 Å². The van der Waals surface area contributed by atoms with Crippen LogP contribution in [0.5, 0.6) is 0 Å². The fraction of sp³-hybridized carbons (Fsp3) is 0.238. The Hall–Kier alpha value is -2.86. The average Bonchev–Trinajstić information content (AvgIpc) is 2.72. The third kappa shape index (κ3) is 4.02. The van der Waals surface area contributed by atoms with Crippen LogP contribution in [0.1, 0.15) is 5.56 Å². The molecule has 4 rings (SSSR count). The number of rotatable bonds is 4. The van der Waals surface area contributed by atoms with Crippen LogP contribution >= 0.6 is 11.6 Å². The van der Waals surface area contributed by atoms with Crippen LogP contribution in [0.15, 0.2) is 54.7 Å². The first-order valence-corrected chi connectivity index (χ1v) is 9.58. The Kier molecular flexibility index (Phi) is 5.30. The predicted octanol–water partition coefficient (Wildman–Crippen LogP) is 4.65. The zero-order valence-electron chi connectivity index (χ0n) is 15.6. The summed E-state index contributed by atoms with van der Waals surface area (Å²) in [6.07, 6.45) is 1.76. The first kappa shape index (κ1) is 18.5. The van der Waals surface area contributed by atoms with Gasteiger partial charge in [0.15, 0.2) is 0 Å². The van der Waals surface area contributed by atoms with E-state index >= 15 is 0 Å². The number of hydrogen-bond donors (Lipinski definition) is 1. The minimum atomic E-state index is -0.210. The molecule has 0 radical (unpaired) electrons. The van der Waals surface area contributed by atoms with Gasteiger partial charge in [0.05, 0.1) is 0 Å². The zero-order valence-corrected chi connectivity index (χ0v) is 16.3. The summed E-state index contributed by atoms with van der Waals surface area (Å²) in [5.41, 5.74) is 2.90. The quantitative estimate of drug-likeness (QED) is 0.694. The number of anilines is 4. The smallest absolute Gasteiger partial charge is 0.229 e. The van der Waals surface area contributed by atoms with E-state index < -0.39 is 0 Å². The molecule has 0 aliphatic carbocycles. The molecule has 7 heteroatoms. The highest BCUT2D eigenvalue weighted by molar-refractivity contribution is 6.31. The molecule has 0 unspecified atom stereocenters. The monoisotopic (exact) mass is 397 g/mol.